The van der Waals surface area contributed by atoms with Crippen molar-refractivity contribution in [3.63, 3.8) is 0 Å². The van der Waals surface area contributed by atoms with Crippen LogP contribution in [0, 0.1) is 6.92 Å². The third kappa shape index (κ3) is 3.94. The molecule has 0 unspecified atom stereocenters. The molecule has 1 saturated heterocycles. The molecule has 0 saturated carbocycles. The summed E-state index contributed by atoms with van der Waals surface area (Å²) in [5.41, 5.74) is 0.806. The van der Waals surface area contributed by atoms with Crippen molar-refractivity contribution < 1.29 is 13.2 Å². The van der Waals surface area contributed by atoms with Crippen LogP contribution in [0.25, 0.3) is 0 Å². The van der Waals surface area contributed by atoms with E-state index in [1.54, 1.807) is 17.0 Å². The summed E-state index contributed by atoms with van der Waals surface area (Å²) in [5, 5.41) is 6.08. The van der Waals surface area contributed by atoms with Crippen LogP contribution in [0.1, 0.15) is 11.3 Å². The van der Waals surface area contributed by atoms with E-state index in [0.29, 0.717) is 31.9 Å². The molecule has 0 radical (unpaired) electrons. The van der Waals surface area contributed by atoms with Crippen LogP contribution >= 0.6 is 0 Å². The maximum absolute atomic E-state index is 13.2. The van der Waals surface area contributed by atoms with Gasteiger partial charge in [-0.3, -0.25) is 0 Å². The first-order chi connectivity index (χ1) is 11.4. The molecular formula is C16H18F3N5. The van der Waals surface area contributed by atoms with E-state index < -0.39 is 11.9 Å². The van der Waals surface area contributed by atoms with E-state index >= 15 is 0 Å². The van der Waals surface area contributed by atoms with Gasteiger partial charge in [0.1, 0.15) is 5.82 Å². The Bertz CT molecular complexity index is 694. The summed E-state index contributed by atoms with van der Waals surface area (Å²) >= 11 is 0. The fourth-order valence-electron chi connectivity index (χ4n) is 2.43. The fourth-order valence-corrected chi connectivity index (χ4v) is 2.43. The highest BCUT2D eigenvalue weighted by atomic mass is 19.4. The van der Waals surface area contributed by atoms with Gasteiger partial charge in [-0.15, -0.1) is 0 Å². The van der Waals surface area contributed by atoms with Gasteiger partial charge < -0.3 is 15.5 Å². The molecule has 2 heterocycles. The molecule has 2 N–H and O–H groups in total. The number of piperazine rings is 1. The predicted molar refractivity (Wildman–Crippen MR) is 86.6 cm³/mol. The highest BCUT2D eigenvalue weighted by Crippen LogP contribution is 2.31. The molecule has 1 fully saturated rings. The fraction of sp³-hybridized carbons (Fsp3) is 0.375. The number of aromatic nitrogens is 2. The van der Waals surface area contributed by atoms with Crippen molar-refractivity contribution in [2.45, 2.75) is 13.1 Å². The van der Waals surface area contributed by atoms with E-state index in [1.165, 1.54) is 0 Å². The number of halogens is 3. The Labute approximate surface area is 137 Å². The van der Waals surface area contributed by atoms with Gasteiger partial charge in [0.15, 0.2) is 5.69 Å². The Morgan fingerprint density at radius 1 is 1.08 bits per heavy atom. The third-order valence-corrected chi connectivity index (χ3v) is 3.73. The average Bonchev–Trinajstić information content (AvgIpc) is 2.57. The van der Waals surface area contributed by atoms with Gasteiger partial charge in [-0.1, -0.05) is 17.7 Å². The van der Waals surface area contributed by atoms with Crippen LogP contribution in [0.15, 0.2) is 30.3 Å². The van der Waals surface area contributed by atoms with E-state index in [9.17, 15) is 13.2 Å². The van der Waals surface area contributed by atoms with Crippen LogP contribution in [-0.4, -0.2) is 36.1 Å². The first-order valence-corrected chi connectivity index (χ1v) is 7.67. The number of hydrogen-bond acceptors (Lipinski definition) is 5. The molecule has 1 aromatic carbocycles. The molecule has 0 bridgehead atoms. The Kier molecular flexibility index (Phi) is 4.57. The Morgan fingerprint density at radius 3 is 2.38 bits per heavy atom. The number of rotatable bonds is 3. The molecule has 0 spiro atoms. The zero-order chi connectivity index (χ0) is 17.2. The van der Waals surface area contributed by atoms with Crippen molar-refractivity contribution in [3.8, 4) is 0 Å². The second-order valence-electron chi connectivity index (χ2n) is 5.66. The molecule has 128 valence electrons. The maximum atomic E-state index is 13.2. The Morgan fingerprint density at radius 2 is 1.75 bits per heavy atom. The molecule has 0 aliphatic carbocycles. The zero-order valence-corrected chi connectivity index (χ0v) is 13.2. The first-order valence-electron chi connectivity index (χ1n) is 7.67. The zero-order valence-electron chi connectivity index (χ0n) is 13.2. The van der Waals surface area contributed by atoms with Crippen LogP contribution in [0.4, 0.5) is 30.6 Å². The molecule has 1 aliphatic rings. The Balaban J connectivity index is 1.93. The lowest BCUT2D eigenvalue weighted by Gasteiger charge is -2.28. The first kappa shape index (κ1) is 16.5. The molecule has 8 heteroatoms. The lowest BCUT2D eigenvalue weighted by molar-refractivity contribution is -0.141. The highest BCUT2D eigenvalue weighted by Gasteiger charge is 2.34. The molecule has 0 amide bonds. The van der Waals surface area contributed by atoms with Gasteiger partial charge in [0.25, 0.3) is 0 Å². The number of nitrogens with one attached hydrogen (secondary N) is 2. The molecule has 2 aromatic rings. The molecule has 24 heavy (non-hydrogen) atoms. The molecule has 3 rings (SSSR count). The van der Waals surface area contributed by atoms with Gasteiger partial charge in [-0.05, 0) is 19.1 Å². The van der Waals surface area contributed by atoms with Crippen molar-refractivity contribution in [1.29, 1.82) is 0 Å². The number of hydrogen-bond donors (Lipinski definition) is 2. The molecule has 1 aliphatic heterocycles. The van der Waals surface area contributed by atoms with Gasteiger partial charge >= 0.3 is 6.18 Å². The summed E-state index contributed by atoms with van der Waals surface area (Å²) < 4.78 is 39.5. The number of alkyl halides is 3. The van der Waals surface area contributed by atoms with Crippen molar-refractivity contribution >= 4 is 17.5 Å². The highest BCUT2D eigenvalue weighted by molar-refractivity contribution is 5.58. The standard InChI is InChI=1S/C16H18F3N5/c1-11-2-4-12(5-3-11)21-14-10-13(16(17,18)19)22-15(23-14)24-8-6-20-7-9-24/h2-5,10,20H,6-9H2,1H3,(H,21,22,23). The number of aryl methyl sites for hydroxylation is 1. The summed E-state index contributed by atoms with van der Waals surface area (Å²) in [7, 11) is 0. The second-order valence-corrected chi connectivity index (χ2v) is 5.66. The quantitative estimate of drug-likeness (QED) is 0.902. The summed E-state index contributed by atoms with van der Waals surface area (Å²) in [6, 6.07) is 8.30. The smallest absolute Gasteiger partial charge is 0.340 e. The van der Waals surface area contributed by atoms with Crippen LogP contribution in [0.5, 0.6) is 0 Å². The van der Waals surface area contributed by atoms with Crippen molar-refractivity contribution in [2.75, 3.05) is 36.4 Å². The van der Waals surface area contributed by atoms with Crippen molar-refractivity contribution in [2.24, 2.45) is 0 Å². The van der Waals surface area contributed by atoms with E-state index in [1.807, 2.05) is 19.1 Å². The minimum atomic E-state index is -4.52. The number of nitrogens with zero attached hydrogens (tertiary/aromatic N) is 3. The van der Waals surface area contributed by atoms with Gasteiger partial charge in [-0.2, -0.15) is 18.2 Å². The van der Waals surface area contributed by atoms with Crippen LogP contribution in [0.3, 0.4) is 0 Å². The van der Waals surface area contributed by atoms with Gasteiger partial charge in [0, 0.05) is 37.9 Å². The third-order valence-electron chi connectivity index (χ3n) is 3.73. The average molecular weight is 337 g/mol. The van der Waals surface area contributed by atoms with Gasteiger partial charge in [0.2, 0.25) is 5.95 Å². The molecule has 1 aromatic heterocycles. The molecular weight excluding hydrogens is 319 g/mol. The number of anilines is 3. The van der Waals surface area contributed by atoms with Gasteiger partial charge in [0.05, 0.1) is 0 Å². The normalized spacial score (nSPS) is 15.4. The van der Waals surface area contributed by atoms with E-state index in [2.05, 4.69) is 20.6 Å². The lowest BCUT2D eigenvalue weighted by atomic mass is 10.2. The van der Waals surface area contributed by atoms with Crippen LogP contribution < -0.4 is 15.5 Å². The number of benzene rings is 1. The van der Waals surface area contributed by atoms with Gasteiger partial charge in [-0.25, -0.2) is 4.98 Å². The Hall–Kier alpha value is -2.35. The minimum absolute atomic E-state index is 0.0981. The van der Waals surface area contributed by atoms with Crippen molar-refractivity contribution in [3.05, 3.63) is 41.6 Å². The molecule has 5 nitrogen and oxygen atoms in total. The van der Waals surface area contributed by atoms with E-state index in [-0.39, 0.29) is 11.8 Å². The molecule has 0 atom stereocenters. The lowest BCUT2D eigenvalue weighted by Crippen LogP contribution is -2.44. The monoisotopic (exact) mass is 337 g/mol. The maximum Gasteiger partial charge on any atom is 0.433 e. The SMILES string of the molecule is Cc1ccc(Nc2cc(C(F)(F)F)nc(N3CCNCC3)n2)cc1. The topological polar surface area (TPSA) is 53.1 Å². The van der Waals surface area contributed by atoms with Crippen LogP contribution in [0.2, 0.25) is 0 Å². The van der Waals surface area contributed by atoms with Crippen LogP contribution in [-0.2, 0) is 6.18 Å². The predicted octanol–water partition coefficient (Wildman–Crippen LogP) is 2.96. The van der Waals surface area contributed by atoms with E-state index in [0.717, 1.165) is 11.6 Å². The van der Waals surface area contributed by atoms with E-state index in [4.69, 9.17) is 0 Å². The summed E-state index contributed by atoms with van der Waals surface area (Å²) in [5.74, 6) is 0.232. The van der Waals surface area contributed by atoms with Crippen molar-refractivity contribution in [1.82, 2.24) is 15.3 Å². The summed E-state index contributed by atoms with van der Waals surface area (Å²) in [6.45, 7) is 4.48. The second kappa shape index (κ2) is 6.64. The minimum Gasteiger partial charge on any atom is -0.340 e. The summed E-state index contributed by atoms with van der Waals surface area (Å²) in [4.78, 5) is 9.73. The summed E-state index contributed by atoms with van der Waals surface area (Å²) in [6.07, 6.45) is -4.52. The largest absolute Gasteiger partial charge is 0.433 e.